The number of halogens is 1. The van der Waals surface area contributed by atoms with Crippen molar-refractivity contribution in [3.63, 3.8) is 0 Å². The van der Waals surface area contributed by atoms with Gasteiger partial charge in [-0.25, -0.2) is 4.98 Å². The normalized spacial score (nSPS) is 12.3. The number of rotatable bonds is 4. The number of fused-ring (bicyclic) bond motifs is 1. The van der Waals surface area contributed by atoms with E-state index in [1.807, 2.05) is 50.2 Å². The number of carbonyl (C=O) groups excluding carboxylic acids is 1. The molecule has 6 heteroatoms. The third-order valence-corrected chi connectivity index (χ3v) is 4.62. The highest BCUT2D eigenvalue weighted by Crippen LogP contribution is 2.25. The van der Waals surface area contributed by atoms with Gasteiger partial charge in [0.15, 0.2) is 5.16 Å². The molecule has 23 heavy (non-hydrogen) atoms. The number of nitrogens with one attached hydrogen (secondary N) is 2. The topological polar surface area (TPSA) is 57.8 Å². The van der Waals surface area contributed by atoms with E-state index in [2.05, 4.69) is 15.3 Å². The first-order valence-corrected chi connectivity index (χ1v) is 8.46. The van der Waals surface area contributed by atoms with Gasteiger partial charge in [0, 0.05) is 10.7 Å². The molecule has 0 fully saturated rings. The van der Waals surface area contributed by atoms with E-state index in [9.17, 15) is 4.79 Å². The molecule has 0 bridgehead atoms. The Morgan fingerprint density at radius 1 is 1.26 bits per heavy atom. The summed E-state index contributed by atoms with van der Waals surface area (Å²) in [6.45, 7) is 3.87. The quantitative estimate of drug-likeness (QED) is 0.677. The van der Waals surface area contributed by atoms with Gasteiger partial charge in [0.05, 0.1) is 16.3 Å². The predicted molar refractivity (Wildman–Crippen MR) is 96.2 cm³/mol. The van der Waals surface area contributed by atoms with Gasteiger partial charge in [-0.05, 0) is 44.2 Å². The first-order valence-electron chi connectivity index (χ1n) is 7.21. The lowest BCUT2D eigenvalue weighted by Gasteiger charge is -2.10. The molecule has 0 saturated carbocycles. The molecule has 4 nitrogen and oxygen atoms in total. The molecule has 2 aromatic carbocycles. The lowest BCUT2D eigenvalue weighted by molar-refractivity contribution is -0.115. The molecule has 1 heterocycles. The van der Waals surface area contributed by atoms with Crippen molar-refractivity contribution < 1.29 is 4.79 Å². The van der Waals surface area contributed by atoms with Crippen LogP contribution in [0.2, 0.25) is 5.02 Å². The first kappa shape index (κ1) is 15.9. The smallest absolute Gasteiger partial charge is 0.237 e. The number of thioether (sulfide) groups is 1. The van der Waals surface area contributed by atoms with Crippen molar-refractivity contribution in [2.75, 3.05) is 5.32 Å². The standard InChI is InChI=1S/C17H16ClN3OS/c1-10-3-6-13(7-4-10)19-16(22)11(2)23-17-20-14-8-5-12(18)9-15(14)21-17/h3-9,11H,1-2H3,(H,19,22)(H,20,21)/t11-/m1/s1. The molecule has 0 radical (unpaired) electrons. The van der Waals surface area contributed by atoms with Crippen LogP contribution in [0.1, 0.15) is 12.5 Å². The van der Waals surface area contributed by atoms with Crippen molar-refractivity contribution in [3.05, 3.63) is 53.1 Å². The molecule has 0 aliphatic rings. The second-order valence-corrected chi connectivity index (χ2v) is 7.08. The van der Waals surface area contributed by atoms with E-state index in [1.165, 1.54) is 11.8 Å². The number of carbonyl (C=O) groups is 1. The number of benzene rings is 2. The zero-order valence-corrected chi connectivity index (χ0v) is 14.3. The summed E-state index contributed by atoms with van der Waals surface area (Å²) in [6, 6.07) is 13.2. The van der Waals surface area contributed by atoms with E-state index < -0.39 is 0 Å². The van der Waals surface area contributed by atoms with E-state index in [0.29, 0.717) is 10.2 Å². The average Bonchev–Trinajstić information content (AvgIpc) is 2.90. The molecule has 1 aromatic heterocycles. The molecule has 2 N–H and O–H groups in total. The summed E-state index contributed by atoms with van der Waals surface area (Å²) in [5, 5.41) is 4.00. The molecule has 118 valence electrons. The van der Waals surface area contributed by atoms with Gasteiger partial charge in [-0.15, -0.1) is 0 Å². The van der Waals surface area contributed by atoms with Gasteiger partial charge < -0.3 is 10.3 Å². The highest BCUT2D eigenvalue weighted by atomic mass is 35.5. The Labute approximate surface area is 143 Å². The summed E-state index contributed by atoms with van der Waals surface area (Å²) in [4.78, 5) is 19.9. The summed E-state index contributed by atoms with van der Waals surface area (Å²) in [5.41, 5.74) is 3.66. The lowest BCUT2D eigenvalue weighted by atomic mass is 10.2. The largest absolute Gasteiger partial charge is 0.333 e. The minimum absolute atomic E-state index is 0.0580. The molecule has 3 aromatic rings. The van der Waals surface area contributed by atoms with Crippen LogP contribution in [-0.2, 0) is 4.79 Å². The Morgan fingerprint density at radius 2 is 2.00 bits per heavy atom. The second-order valence-electron chi connectivity index (χ2n) is 5.32. The predicted octanol–water partition coefficient (Wildman–Crippen LogP) is 4.64. The molecule has 1 amide bonds. The number of amides is 1. The zero-order valence-electron chi connectivity index (χ0n) is 12.8. The second kappa shape index (κ2) is 6.64. The van der Waals surface area contributed by atoms with Crippen molar-refractivity contribution in [1.82, 2.24) is 9.97 Å². The molecule has 1 atom stereocenters. The summed E-state index contributed by atoms with van der Waals surface area (Å²) >= 11 is 7.35. The number of hydrogen-bond acceptors (Lipinski definition) is 3. The Hall–Kier alpha value is -1.98. The average molecular weight is 346 g/mol. The van der Waals surface area contributed by atoms with Crippen molar-refractivity contribution >= 4 is 46.0 Å². The number of aromatic amines is 1. The van der Waals surface area contributed by atoms with Crippen LogP contribution in [0.25, 0.3) is 11.0 Å². The van der Waals surface area contributed by atoms with Crippen LogP contribution in [-0.4, -0.2) is 21.1 Å². The van der Waals surface area contributed by atoms with Gasteiger partial charge in [0.25, 0.3) is 0 Å². The molecular weight excluding hydrogens is 330 g/mol. The third kappa shape index (κ3) is 3.86. The Kier molecular flexibility index (Phi) is 4.59. The highest BCUT2D eigenvalue weighted by Gasteiger charge is 2.16. The number of aromatic nitrogens is 2. The highest BCUT2D eigenvalue weighted by molar-refractivity contribution is 8.00. The summed E-state index contributed by atoms with van der Waals surface area (Å²) in [7, 11) is 0. The van der Waals surface area contributed by atoms with Gasteiger partial charge in [-0.2, -0.15) is 0 Å². The van der Waals surface area contributed by atoms with Crippen molar-refractivity contribution in [3.8, 4) is 0 Å². The van der Waals surface area contributed by atoms with E-state index in [4.69, 9.17) is 11.6 Å². The maximum absolute atomic E-state index is 12.3. The van der Waals surface area contributed by atoms with Crippen LogP contribution in [0.5, 0.6) is 0 Å². The monoisotopic (exact) mass is 345 g/mol. The maximum atomic E-state index is 12.3. The van der Waals surface area contributed by atoms with Crippen LogP contribution >= 0.6 is 23.4 Å². The van der Waals surface area contributed by atoms with Crippen LogP contribution in [0, 0.1) is 6.92 Å². The molecule has 0 saturated heterocycles. The molecular formula is C17H16ClN3OS. The SMILES string of the molecule is Cc1ccc(NC(=O)[C@@H](C)Sc2nc3ccc(Cl)cc3[nH]2)cc1. The van der Waals surface area contributed by atoms with Crippen LogP contribution in [0.3, 0.4) is 0 Å². The molecule has 0 aliphatic carbocycles. The number of hydrogen-bond donors (Lipinski definition) is 2. The fraction of sp³-hybridized carbons (Fsp3) is 0.176. The molecule has 3 rings (SSSR count). The van der Waals surface area contributed by atoms with E-state index in [1.54, 1.807) is 6.07 Å². The van der Waals surface area contributed by atoms with Gasteiger partial charge in [-0.1, -0.05) is 41.1 Å². The van der Waals surface area contributed by atoms with E-state index >= 15 is 0 Å². The van der Waals surface area contributed by atoms with Crippen molar-refractivity contribution in [2.45, 2.75) is 24.3 Å². The number of anilines is 1. The summed E-state index contributed by atoms with van der Waals surface area (Å²) < 4.78 is 0. The fourth-order valence-electron chi connectivity index (χ4n) is 2.12. The zero-order chi connectivity index (χ0) is 16.4. The van der Waals surface area contributed by atoms with Gasteiger partial charge in [0.2, 0.25) is 5.91 Å². The summed E-state index contributed by atoms with van der Waals surface area (Å²) in [5.74, 6) is -0.0580. The van der Waals surface area contributed by atoms with Gasteiger partial charge in [0.1, 0.15) is 0 Å². The maximum Gasteiger partial charge on any atom is 0.237 e. The van der Waals surface area contributed by atoms with Gasteiger partial charge in [-0.3, -0.25) is 4.79 Å². The van der Waals surface area contributed by atoms with E-state index in [0.717, 1.165) is 22.3 Å². The van der Waals surface area contributed by atoms with Crippen molar-refractivity contribution in [1.29, 1.82) is 0 Å². The molecule has 0 aliphatic heterocycles. The third-order valence-electron chi connectivity index (χ3n) is 3.40. The fourth-order valence-corrected chi connectivity index (χ4v) is 3.11. The summed E-state index contributed by atoms with van der Waals surface area (Å²) in [6.07, 6.45) is 0. The lowest BCUT2D eigenvalue weighted by Crippen LogP contribution is -2.22. The van der Waals surface area contributed by atoms with Crippen molar-refractivity contribution in [2.24, 2.45) is 0 Å². The number of H-pyrrole nitrogens is 1. The minimum atomic E-state index is -0.271. The molecule has 0 spiro atoms. The molecule has 0 unspecified atom stereocenters. The first-order chi connectivity index (χ1) is 11.0. The number of imidazole rings is 1. The Bertz CT molecular complexity index is 845. The van der Waals surface area contributed by atoms with Crippen LogP contribution in [0.15, 0.2) is 47.6 Å². The Morgan fingerprint density at radius 3 is 2.74 bits per heavy atom. The number of nitrogens with zero attached hydrogens (tertiary/aromatic N) is 1. The van der Waals surface area contributed by atoms with Crippen LogP contribution < -0.4 is 5.32 Å². The van der Waals surface area contributed by atoms with Gasteiger partial charge >= 0.3 is 0 Å². The van der Waals surface area contributed by atoms with E-state index in [-0.39, 0.29) is 11.2 Å². The van der Waals surface area contributed by atoms with Crippen LogP contribution in [0.4, 0.5) is 5.69 Å². The Balaban J connectivity index is 1.68. The number of aryl methyl sites for hydroxylation is 1. The minimum Gasteiger partial charge on any atom is -0.333 e.